The van der Waals surface area contributed by atoms with Crippen molar-refractivity contribution < 1.29 is 28.7 Å². The molecule has 0 radical (unpaired) electrons. The van der Waals surface area contributed by atoms with Gasteiger partial charge >= 0.3 is 12.1 Å². The maximum Gasteiger partial charge on any atom is 0.410 e. The molecule has 2 amide bonds. The van der Waals surface area contributed by atoms with E-state index in [1.54, 1.807) is 6.92 Å². The summed E-state index contributed by atoms with van der Waals surface area (Å²) in [6.07, 6.45) is 0.507. The number of carboxylic acid groups (broad SMARTS) is 1. The van der Waals surface area contributed by atoms with Gasteiger partial charge in [-0.25, -0.2) is 9.59 Å². The van der Waals surface area contributed by atoms with E-state index in [-0.39, 0.29) is 23.5 Å². The Kier molecular flexibility index (Phi) is 12.1. The standard InChI is InChI=1S/C43H52N2O6Si/c1-30(19-18-28-51-52(43(3,4)5,32-20-10-8-11-21-32)33-22-12-9-13-23-33)39(41(47)48)45(7)40(46)31(2)44(6)42(49)50-29-38-36-26-16-14-24-34(36)35-25-15-17-27-37(35)38/h8-17,20-27,30-31,38-39H,18-19,28-29H2,1-7H3,(H,47,48)/t30-,31-,39+/m1/s1. The first-order chi connectivity index (χ1) is 24.8. The number of rotatable bonds is 14. The number of benzene rings is 4. The first-order valence-corrected chi connectivity index (χ1v) is 20.0. The number of carboxylic acids is 1. The molecule has 0 heterocycles. The zero-order valence-corrected chi connectivity index (χ0v) is 32.4. The van der Waals surface area contributed by atoms with Crippen molar-refractivity contribution in [3.05, 3.63) is 120 Å². The first kappa shape index (κ1) is 38.5. The van der Waals surface area contributed by atoms with Crippen molar-refractivity contribution in [3.8, 4) is 11.1 Å². The second kappa shape index (κ2) is 16.3. The fourth-order valence-electron chi connectivity index (χ4n) is 7.79. The maximum absolute atomic E-state index is 13.7. The van der Waals surface area contributed by atoms with Gasteiger partial charge in [0.1, 0.15) is 18.7 Å². The zero-order chi connectivity index (χ0) is 37.6. The number of hydrogen-bond acceptors (Lipinski definition) is 5. The van der Waals surface area contributed by atoms with Gasteiger partial charge in [-0.1, -0.05) is 137 Å². The van der Waals surface area contributed by atoms with Crippen LogP contribution in [0.5, 0.6) is 0 Å². The third-order valence-electron chi connectivity index (χ3n) is 10.7. The average Bonchev–Trinajstić information content (AvgIpc) is 3.46. The summed E-state index contributed by atoms with van der Waals surface area (Å²) < 4.78 is 12.8. The lowest BCUT2D eigenvalue weighted by atomic mass is 9.95. The van der Waals surface area contributed by atoms with E-state index in [9.17, 15) is 19.5 Å². The highest BCUT2D eigenvalue weighted by atomic mass is 28.4. The highest BCUT2D eigenvalue weighted by molar-refractivity contribution is 6.99. The van der Waals surface area contributed by atoms with Crippen LogP contribution in [0.25, 0.3) is 11.1 Å². The molecule has 52 heavy (non-hydrogen) atoms. The van der Waals surface area contributed by atoms with E-state index < -0.39 is 38.4 Å². The minimum absolute atomic E-state index is 0.115. The fourth-order valence-corrected chi connectivity index (χ4v) is 12.4. The largest absolute Gasteiger partial charge is 0.480 e. The SMILES string of the molecule is C[C@H](CCCO[Si](c1ccccc1)(c1ccccc1)C(C)(C)C)[C@@H](C(=O)O)N(C)C(=O)[C@@H](C)N(C)C(=O)OCC1c2ccccc2-c2ccccc21. The maximum atomic E-state index is 13.7. The highest BCUT2D eigenvalue weighted by Gasteiger charge is 2.50. The molecule has 9 heteroatoms. The molecule has 1 N–H and O–H groups in total. The Morgan fingerprint density at radius 2 is 1.23 bits per heavy atom. The van der Waals surface area contributed by atoms with Crippen LogP contribution in [-0.2, 0) is 18.8 Å². The van der Waals surface area contributed by atoms with Gasteiger partial charge in [0, 0.05) is 26.6 Å². The lowest BCUT2D eigenvalue weighted by molar-refractivity contribution is -0.153. The van der Waals surface area contributed by atoms with Crippen LogP contribution >= 0.6 is 0 Å². The van der Waals surface area contributed by atoms with Crippen molar-refractivity contribution in [2.24, 2.45) is 5.92 Å². The molecule has 4 aromatic carbocycles. The van der Waals surface area contributed by atoms with Crippen molar-refractivity contribution in [1.82, 2.24) is 9.80 Å². The molecule has 0 saturated heterocycles. The second-order valence-electron chi connectivity index (χ2n) is 15.0. The predicted octanol–water partition coefficient (Wildman–Crippen LogP) is 7.16. The van der Waals surface area contributed by atoms with Crippen LogP contribution in [0.1, 0.15) is 64.5 Å². The summed E-state index contributed by atoms with van der Waals surface area (Å²) in [5.74, 6) is -2.05. The topological polar surface area (TPSA) is 96.4 Å². The molecule has 1 aliphatic rings. The van der Waals surface area contributed by atoms with Gasteiger partial charge in [0.05, 0.1) is 0 Å². The Labute approximate surface area is 309 Å². The molecule has 0 aliphatic heterocycles. The number of carbonyl (C=O) groups is 3. The molecule has 1 aliphatic carbocycles. The number of likely N-dealkylation sites (N-methyl/N-ethyl adjacent to an activating group) is 2. The highest BCUT2D eigenvalue weighted by Crippen LogP contribution is 2.44. The van der Waals surface area contributed by atoms with Crippen LogP contribution in [0.3, 0.4) is 0 Å². The molecule has 0 aromatic heterocycles. The molecule has 4 aromatic rings. The van der Waals surface area contributed by atoms with Gasteiger partial charge < -0.3 is 19.2 Å². The number of ether oxygens (including phenoxy) is 1. The van der Waals surface area contributed by atoms with E-state index in [1.165, 1.54) is 34.3 Å². The monoisotopic (exact) mass is 720 g/mol. The van der Waals surface area contributed by atoms with E-state index in [0.717, 1.165) is 22.3 Å². The normalized spacial score (nSPS) is 14.4. The Morgan fingerprint density at radius 3 is 1.71 bits per heavy atom. The minimum Gasteiger partial charge on any atom is -0.480 e. The molecule has 0 fully saturated rings. The van der Waals surface area contributed by atoms with Gasteiger partial charge in [0.15, 0.2) is 0 Å². The summed E-state index contributed by atoms with van der Waals surface area (Å²) in [6, 6.07) is 35.0. The molecule has 274 valence electrons. The number of aliphatic carboxylic acids is 1. The second-order valence-corrected chi connectivity index (χ2v) is 19.3. The third kappa shape index (κ3) is 7.71. The van der Waals surface area contributed by atoms with Crippen LogP contribution < -0.4 is 10.4 Å². The van der Waals surface area contributed by atoms with Gasteiger partial charge in [0.25, 0.3) is 8.32 Å². The summed E-state index contributed by atoms with van der Waals surface area (Å²) in [5.41, 5.74) is 4.44. The van der Waals surface area contributed by atoms with Crippen LogP contribution in [0.2, 0.25) is 5.04 Å². The quantitative estimate of drug-likeness (QED) is 0.110. The van der Waals surface area contributed by atoms with Crippen molar-refractivity contribution in [2.45, 2.75) is 70.5 Å². The van der Waals surface area contributed by atoms with Gasteiger partial charge in [0.2, 0.25) is 5.91 Å². The van der Waals surface area contributed by atoms with Gasteiger partial charge in [-0.3, -0.25) is 9.69 Å². The fraction of sp³-hybridized carbons (Fsp3) is 0.372. The lowest BCUT2D eigenvalue weighted by Crippen LogP contribution is -2.66. The molecule has 3 atom stereocenters. The number of nitrogens with zero attached hydrogens (tertiary/aromatic N) is 2. The van der Waals surface area contributed by atoms with Crippen LogP contribution in [0.15, 0.2) is 109 Å². The van der Waals surface area contributed by atoms with Crippen LogP contribution in [0, 0.1) is 5.92 Å². The summed E-state index contributed by atoms with van der Waals surface area (Å²) in [6.45, 7) is 10.7. The van der Waals surface area contributed by atoms with Crippen molar-refractivity contribution in [3.63, 3.8) is 0 Å². The van der Waals surface area contributed by atoms with Crippen molar-refractivity contribution in [2.75, 3.05) is 27.3 Å². The summed E-state index contributed by atoms with van der Waals surface area (Å²) in [7, 11) is 0.280. The first-order valence-electron chi connectivity index (χ1n) is 18.1. The van der Waals surface area contributed by atoms with E-state index >= 15 is 0 Å². The average molecular weight is 721 g/mol. The summed E-state index contributed by atoms with van der Waals surface area (Å²) in [4.78, 5) is 42.1. The van der Waals surface area contributed by atoms with E-state index in [4.69, 9.17) is 9.16 Å². The van der Waals surface area contributed by atoms with Crippen LogP contribution in [-0.4, -0.2) is 80.6 Å². The Morgan fingerprint density at radius 1 is 0.750 bits per heavy atom. The Bertz CT molecular complexity index is 1760. The molecule has 5 rings (SSSR count). The number of amides is 2. The van der Waals surface area contributed by atoms with Gasteiger partial charge in [-0.15, -0.1) is 0 Å². The summed E-state index contributed by atoms with van der Waals surface area (Å²) >= 11 is 0. The zero-order valence-electron chi connectivity index (χ0n) is 31.4. The molecule has 0 unspecified atom stereocenters. The number of carbonyl (C=O) groups excluding carboxylic acids is 2. The molecule has 8 nitrogen and oxygen atoms in total. The molecular weight excluding hydrogens is 669 g/mol. The van der Waals surface area contributed by atoms with Gasteiger partial charge in [-0.05, 0) is 63.3 Å². The molecule has 0 saturated carbocycles. The van der Waals surface area contributed by atoms with Gasteiger partial charge in [-0.2, -0.15) is 0 Å². The minimum atomic E-state index is -2.73. The van der Waals surface area contributed by atoms with Crippen molar-refractivity contribution >= 4 is 36.7 Å². The van der Waals surface area contributed by atoms with E-state index in [0.29, 0.717) is 19.4 Å². The molecule has 0 bridgehead atoms. The molecule has 0 spiro atoms. The van der Waals surface area contributed by atoms with E-state index in [1.807, 2.05) is 79.7 Å². The van der Waals surface area contributed by atoms with Crippen LogP contribution in [0.4, 0.5) is 4.79 Å². The summed E-state index contributed by atoms with van der Waals surface area (Å²) in [5, 5.41) is 12.5. The Balaban J connectivity index is 1.21. The smallest absolute Gasteiger partial charge is 0.410 e. The van der Waals surface area contributed by atoms with Crippen molar-refractivity contribution in [1.29, 1.82) is 0 Å². The third-order valence-corrected chi connectivity index (χ3v) is 15.7. The lowest BCUT2D eigenvalue weighted by Gasteiger charge is -2.43. The van der Waals surface area contributed by atoms with E-state index in [2.05, 4.69) is 57.2 Å². The predicted molar refractivity (Wildman–Crippen MR) is 208 cm³/mol. The molecular formula is C43H52N2O6Si. The number of fused-ring (bicyclic) bond motifs is 3. The Hall–Kier alpha value is -4.73. The number of hydrogen-bond donors (Lipinski definition) is 1.